The summed E-state index contributed by atoms with van der Waals surface area (Å²) in [6.45, 7) is 0. The summed E-state index contributed by atoms with van der Waals surface area (Å²) in [5, 5.41) is 13.0. The van der Waals surface area contributed by atoms with Crippen LogP contribution in [-0.2, 0) is 0 Å². The molecule has 0 radical (unpaired) electrons. The first kappa shape index (κ1) is 11.8. The number of nitrogens with zero attached hydrogens (tertiary/aromatic N) is 4. The molecule has 0 amide bonds. The molecule has 6 nitrogen and oxygen atoms in total. The van der Waals surface area contributed by atoms with Gasteiger partial charge >= 0.3 is 0 Å². The summed E-state index contributed by atoms with van der Waals surface area (Å²) in [6, 6.07) is 8.12. The number of aromatic nitrogens is 5. The van der Waals surface area contributed by atoms with Crippen molar-refractivity contribution in [3.05, 3.63) is 42.9 Å². The molecule has 0 aliphatic carbocycles. The van der Waals surface area contributed by atoms with Gasteiger partial charge < -0.3 is 5.32 Å². The Balaban J connectivity index is 2.11. The molecule has 2 N–H and O–H groups in total. The van der Waals surface area contributed by atoms with Crippen molar-refractivity contribution in [2.75, 3.05) is 12.4 Å². The van der Waals surface area contributed by atoms with Gasteiger partial charge in [-0.15, -0.1) is 0 Å². The van der Waals surface area contributed by atoms with Gasteiger partial charge in [-0.2, -0.15) is 10.1 Å². The maximum atomic E-state index is 4.59. The van der Waals surface area contributed by atoms with Gasteiger partial charge in [0.2, 0.25) is 5.95 Å². The van der Waals surface area contributed by atoms with Crippen molar-refractivity contribution in [2.24, 2.45) is 0 Å². The van der Waals surface area contributed by atoms with Gasteiger partial charge in [-0.25, -0.2) is 4.98 Å². The minimum absolute atomic E-state index is 0.551. The van der Waals surface area contributed by atoms with E-state index in [2.05, 4.69) is 36.5 Å². The highest BCUT2D eigenvalue weighted by Gasteiger charge is 2.13. The predicted molar refractivity (Wildman–Crippen MR) is 82.0 cm³/mol. The van der Waals surface area contributed by atoms with Gasteiger partial charge in [0, 0.05) is 30.4 Å². The van der Waals surface area contributed by atoms with Crippen LogP contribution < -0.4 is 5.32 Å². The number of pyridine rings is 1. The molecule has 0 unspecified atom stereocenters. The zero-order valence-electron chi connectivity index (χ0n) is 11.3. The highest BCUT2D eigenvalue weighted by atomic mass is 15.2. The molecule has 4 aromatic rings. The summed E-state index contributed by atoms with van der Waals surface area (Å²) in [5.41, 5.74) is 2.50. The van der Waals surface area contributed by atoms with E-state index in [1.165, 1.54) is 0 Å². The number of H-pyrrole nitrogens is 1. The topological polar surface area (TPSA) is 79.4 Å². The number of aromatic amines is 1. The molecule has 0 saturated heterocycles. The van der Waals surface area contributed by atoms with Gasteiger partial charge in [-0.3, -0.25) is 10.1 Å². The molecular formula is C15H12N6. The molecule has 0 aliphatic heterocycles. The Morgan fingerprint density at radius 3 is 2.81 bits per heavy atom. The molecule has 0 bridgehead atoms. The monoisotopic (exact) mass is 276 g/mol. The van der Waals surface area contributed by atoms with Crippen LogP contribution in [0.15, 0.2) is 42.9 Å². The molecular weight excluding hydrogens is 264 g/mol. The zero-order valence-corrected chi connectivity index (χ0v) is 11.3. The second kappa shape index (κ2) is 4.52. The lowest BCUT2D eigenvalue weighted by atomic mass is 10.0. The first-order valence-corrected chi connectivity index (χ1v) is 6.59. The second-order valence-electron chi connectivity index (χ2n) is 4.69. The van der Waals surface area contributed by atoms with Crippen LogP contribution in [0.2, 0.25) is 0 Å². The Bertz CT molecular complexity index is 938. The predicted octanol–water partition coefficient (Wildman–Crippen LogP) is 2.61. The molecule has 0 aliphatic rings. The van der Waals surface area contributed by atoms with Crippen molar-refractivity contribution < 1.29 is 0 Å². The number of anilines is 1. The van der Waals surface area contributed by atoms with Crippen LogP contribution in [0.5, 0.6) is 0 Å². The van der Waals surface area contributed by atoms with Crippen LogP contribution in [0.3, 0.4) is 0 Å². The standard InChI is InChI=1S/C15H12N6/c1-16-15-19-13(12-8-18-21-14(12)20-15)11-7-17-6-9-4-2-3-5-10(9)11/h2-8H,1H3,(H2,16,18,19,20,21). The Morgan fingerprint density at radius 1 is 1.00 bits per heavy atom. The van der Waals surface area contributed by atoms with E-state index < -0.39 is 0 Å². The van der Waals surface area contributed by atoms with Gasteiger partial charge in [0.15, 0.2) is 5.65 Å². The number of nitrogens with one attached hydrogen (secondary N) is 2. The average Bonchev–Trinajstić information content (AvgIpc) is 3.02. The lowest BCUT2D eigenvalue weighted by Crippen LogP contribution is -1.99. The molecule has 0 atom stereocenters. The summed E-state index contributed by atoms with van der Waals surface area (Å²) in [6.07, 6.45) is 5.42. The van der Waals surface area contributed by atoms with Gasteiger partial charge in [0.25, 0.3) is 0 Å². The Hall–Kier alpha value is -3.02. The fourth-order valence-electron chi connectivity index (χ4n) is 2.46. The summed E-state index contributed by atoms with van der Waals surface area (Å²) >= 11 is 0. The summed E-state index contributed by atoms with van der Waals surface area (Å²) in [5.74, 6) is 0.551. The average molecular weight is 276 g/mol. The quantitative estimate of drug-likeness (QED) is 0.588. The summed E-state index contributed by atoms with van der Waals surface area (Å²) < 4.78 is 0. The van der Waals surface area contributed by atoms with Gasteiger partial charge in [-0.05, 0) is 5.39 Å². The third kappa shape index (κ3) is 1.80. The van der Waals surface area contributed by atoms with E-state index in [4.69, 9.17) is 0 Å². The Kier molecular flexibility index (Phi) is 2.53. The van der Waals surface area contributed by atoms with Crippen LogP contribution in [0.25, 0.3) is 33.1 Å². The van der Waals surface area contributed by atoms with Crippen LogP contribution in [0.4, 0.5) is 5.95 Å². The Morgan fingerprint density at radius 2 is 1.90 bits per heavy atom. The molecule has 0 spiro atoms. The minimum atomic E-state index is 0.551. The fourth-order valence-corrected chi connectivity index (χ4v) is 2.46. The van der Waals surface area contributed by atoms with E-state index in [0.29, 0.717) is 11.6 Å². The van der Waals surface area contributed by atoms with E-state index in [1.54, 1.807) is 13.2 Å². The summed E-state index contributed by atoms with van der Waals surface area (Å²) in [4.78, 5) is 13.3. The molecule has 6 heteroatoms. The van der Waals surface area contributed by atoms with Crippen LogP contribution in [-0.4, -0.2) is 32.2 Å². The lowest BCUT2D eigenvalue weighted by molar-refractivity contribution is 1.09. The third-order valence-corrected chi connectivity index (χ3v) is 3.46. The fraction of sp³-hybridized carbons (Fsp3) is 0.0667. The smallest absolute Gasteiger partial charge is 0.225 e. The molecule has 3 heterocycles. The number of benzene rings is 1. The first-order valence-electron chi connectivity index (χ1n) is 6.59. The van der Waals surface area contributed by atoms with Crippen molar-refractivity contribution in [1.82, 2.24) is 25.1 Å². The van der Waals surface area contributed by atoms with Crippen LogP contribution >= 0.6 is 0 Å². The molecule has 0 fully saturated rings. The molecule has 102 valence electrons. The van der Waals surface area contributed by atoms with Crippen molar-refractivity contribution in [3.63, 3.8) is 0 Å². The van der Waals surface area contributed by atoms with E-state index in [-0.39, 0.29) is 0 Å². The van der Waals surface area contributed by atoms with Crippen molar-refractivity contribution in [3.8, 4) is 11.3 Å². The number of rotatable bonds is 2. The van der Waals surface area contributed by atoms with Crippen LogP contribution in [0, 0.1) is 0 Å². The van der Waals surface area contributed by atoms with Gasteiger partial charge in [0.1, 0.15) is 0 Å². The van der Waals surface area contributed by atoms with Gasteiger partial charge in [-0.1, -0.05) is 24.3 Å². The maximum absolute atomic E-state index is 4.59. The highest BCUT2D eigenvalue weighted by Crippen LogP contribution is 2.31. The molecule has 4 rings (SSSR count). The van der Waals surface area contributed by atoms with Crippen molar-refractivity contribution in [1.29, 1.82) is 0 Å². The summed E-state index contributed by atoms with van der Waals surface area (Å²) in [7, 11) is 1.79. The lowest BCUT2D eigenvalue weighted by Gasteiger charge is -2.08. The van der Waals surface area contributed by atoms with E-state index in [1.807, 2.05) is 30.6 Å². The third-order valence-electron chi connectivity index (χ3n) is 3.46. The second-order valence-corrected chi connectivity index (χ2v) is 4.69. The van der Waals surface area contributed by atoms with E-state index in [9.17, 15) is 0 Å². The number of hydrogen-bond donors (Lipinski definition) is 2. The highest BCUT2D eigenvalue weighted by molar-refractivity contribution is 6.01. The molecule has 0 saturated carbocycles. The largest absolute Gasteiger partial charge is 0.357 e. The van der Waals surface area contributed by atoms with Crippen molar-refractivity contribution in [2.45, 2.75) is 0 Å². The number of fused-ring (bicyclic) bond motifs is 2. The molecule has 1 aromatic carbocycles. The first-order chi connectivity index (χ1) is 10.4. The Labute approximate surface area is 120 Å². The van der Waals surface area contributed by atoms with E-state index in [0.717, 1.165) is 27.4 Å². The normalized spacial score (nSPS) is 11.1. The maximum Gasteiger partial charge on any atom is 0.225 e. The SMILES string of the molecule is CNc1nc(-c2cncc3ccccc23)c2cn[nH]c2n1. The van der Waals surface area contributed by atoms with Gasteiger partial charge in [0.05, 0.1) is 17.3 Å². The van der Waals surface area contributed by atoms with Crippen molar-refractivity contribution >= 4 is 27.8 Å². The van der Waals surface area contributed by atoms with Crippen LogP contribution in [0.1, 0.15) is 0 Å². The number of hydrogen-bond acceptors (Lipinski definition) is 5. The minimum Gasteiger partial charge on any atom is -0.357 e. The zero-order chi connectivity index (χ0) is 14.2. The molecule has 3 aromatic heterocycles. The molecule has 21 heavy (non-hydrogen) atoms. The van der Waals surface area contributed by atoms with E-state index >= 15 is 0 Å².